The zero-order valence-corrected chi connectivity index (χ0v) is 18.5. The summed E-state index contributed by atoms with van der Waals surface area (Å²) < 4.78 is 41.0. The van der Waals surface area contributed by atoms with Crippen molar-refractivity contribution in [3.63, 3.8) is 0 Å². The van der Waals surface area contributed by atoms with E-state index in [1.807, 2.05) is 36.2 Å². The largest absolute Gasteiger partial charge is 0.339 e. The first-order chi connectivity index (χ1) is 13.8. The molecule has 1 aliphatic rings. The van der Waals surface area contributed by atoms with Gasteiger partial charge in [-0.3, -0.25) is 9.69 Å². The summed E-state index contributed by atoms with van der Waals surface area (Å²) in [6.45, 7) is 1.89. The molecule has 2 aromatic rings. The molecule has 0 radical (unpaired) electrons. The van der Waals surface area contributed by atoms with Gasteiger partial charge >= 0.3 is 0 Å². The van der Waals surface area contributed by atoms with Crippen LogP contribution in [0.5, 0.6) is 0 Å². The third-order valence-corrected chi connectivity index (χ3v) is 7.50. The first kappa shape index (κ1) is 21.9. The van der Waals surface area contributed by atoms with E-state index in [9.17, 15) is 17.6 Å². The van der Waals surface area contributed by atoms with Crippen molar-refractivity contribution in [2.45, 2.75) is 11.4 Å². The highest BCUT2D eigenvalue weighted by molar-refractivity contribution is 9.10. The minimum absolute atomic E-state index is 0.0395. The van der Waals surface area contributed by atoms with Crippen LogP contribution in [-0.2, 0) is 21.4 Å². The lowest BCUT2D eigenvalue weighted by Crippen LogP contribution is -2.52. The number of hydrogen-bond acceptors (Lipinski definition) is 4. The maximum absolute atomic E-state index is 13.4. The van der Waals surface area contributed by atoms with E-state index in [0.717, 1.165) is 16.1 Å². The summed E-state index contributed by atoms with van der Waals surface area (Å²) in [5.41, 5.74) is 1.09. The van der Waals surface area contributed by atoms with Gasteiger partial charge in [0.2, 0.25) is 15.9 Å². The number of hydrogen-bond donors (Lipinski definition) is 0. The van der Waals surface area contributed by atoms with Crippen LogP contribution in [0.25, 0.3) is 0 Å². The van der Waals surface area contributed by atoms with E-state index in [1.165, 1.54) is 22.5 Å². The Bertz CT molecular complexity index is 978. The van der Waals surface area contributed by atoms with Crippen LogP contribution in [0.15, 0.2) is 57.9 Å². The molecule has 3 rings (SSSR count). The second-order valence-electron chi connectivity index (χ2n) is 7.01. The Kier molecular flexibility index (Phi) is 7.05. The molecule has 0 N–H and O–H groups in total. The van der Waals surface area contributed by atoms with Gasteiger partial charge in [0.05, 0.1) is 11.4 Å². The molecule has 6 nitrogen and oxygen atoms in total. The fourth-order valence-corrected chi connectivity index (χ4v) is 5.12. The van der Waals surface area contributed by atoms with Crippen molar-refractivity contribution in [3.8, 4) is 0 Å². The summed E-state index contributed by atoms with van der Waals surface area (Å²) in [5.74, 6) is -0.629. The Morgan fingerprint density at radius 1 is 1.10 bits per heavy atom. The molecular formula is C20H23BrFN3O3S. The Hall–Kier alpha value is -1.81. The lowest BCUT2D eigenvalue weighted by molar-refractivity contribution is -0.133. The van der Waals surface area contributed by atoms with E-state index in [1.54, 1.807) is 4.90 Å². The van der Waals surface area contributed by atoms with E-state index < -0.39 is 15.8 Å². The Labute approximate surface area is 179 Å². The van der Waals surface area contributed by atoms with Crippen LogP contribution in [0, 0.1) is 5.82 Å². The predicted octanol–water partition coefficient (Wildman–Crippen LogP) is 2.55. The number of carbonyl (C=O) groups excluding carboxylic acids is 1. The maximum Gasteiger partial charge on any atom is 0.243 e. The highest BCUT2D eigenvalue weighted by Gasteiger charge is 2.30. The molecule has 1 fully saturated rings. The molecule has 1 heterocycles. The smallest absolute Gasteiger partial charge is 0.243 e. The fraction of sp³-hybridized carbons (Fsp3) is 0.350. The molecule has 1 aliphatic heterocycles. The van der Waals surface area contributed by atoms with Crippen molar-refractivity contribution in [1.29, 1.82) is 0 Å². The van der Waals surface area contributed by atoms with Gasteiger partial charge in [0, 0.05) is 37.2 Å². The monoisotopic (exact) mass is 483 g/mol. The minimum atomic E-state index is -3.76. The molecule has 0 saturated carbocycles. The van der Waals surface area contributed by atoms with Crippen molar-refractivity contribution in [1.82, 2.24) is 14.1 Å². The lowest BCUT2D eigenvalue weighted by Gasteiger charge is -2.34. The number of nitrogens with zero attached hydrogens (tertiary/aromatic N) is 3. The summed E-state index contributed by atoms with van der Waals surface area (Å²) in [6.07, 6.45) is 0. The van der Waals surface area contributed by atoms with Crippen LogP contribution >= 0.6 is 15.9 Å². The van der Waals surface area contributed by atoms with Crippen molar-refractivity contribution >= 4 is 31.9 Å². The number of amides is 1. The highest BCUT2D eigenvalue weighted by Crippen LogP contribution is 2.19. The zero-order valence-electron chi connectivity index (χ0n) is 16.1. The number of halogens is 2. The standard InChI is InChI=1S/C20H23BrFN3O3S/c1-23(14-16-5-2-3-8-19(16)21)15-20(26)24-9-11-25(12-10-24)29(27,28)18-7-4-6-17(22)13-18/h2-8,13H,9-12,14-15H2,1H3. The third kappa shape index (κ3) is 5.42. The number of likely N-dealkylation sites (N-methyl/N-ethyl adjacent to an activating group) is 1. The summed E-state index contributed by atoms with van der Waals surface area (Å²) >= 11 is 3.51. The van der Waals surface area contributed by atoms with E-state index in [2.05, 4.69) is 15.9 Å². The fourth-order valence-electron chi connectivity index (χ4n) is 3.26. The molecule has 0 unspecified atom stereocenters. The molecule has 0 bridgehead atoms. The minimum Gasteiger partial charge on any atom is -0.339 e. The van der Waals surface area contributed by atoms with Crippen LogP contribution in [-0.4, -0.2) is 68.2 Å². The van der Waals surface area contributed by atoms with E-state index in [0.29, 0.717) is 19.6 Å². The molecule has 9 heteroatoms. The van der Waals surface area contributed by atoms with Crippen molar-refractivity contribution in [2.75, 3.05) is 39.8 Å². The summed E-state index contributed by atoms with van der Waals surface area (Å²) in [6, 6.07) is 12.8. The second-order valence-corrected chi connectivity index (χ2v) is 9.80. The first-order valence-corrected chi connectivity index (χ1v) is 11.5. The SMILES string of the molecule is CN(CC(=O)N1CCN(S(=O)(=O)c2cccc(F)c2)CC1)Cc1ccccc1Br. The molecular weight excluding hydrogens is 461 g/mol. The second kappa shape index (κ2) is 9.34. The van der Waals surface area contributed by atoms with Crippen molar-refractivity contribution < 1.29 is 17.6 Å². The topological polar surface area (TPSA) is 60.9 Å². The van der Waals surface area contributed by atoms with E-state index >= 15 is 0 Å². The predicted molar refractivity (Wildman–Crippen MR) is 112 cm³/mol. The average molecular weight is 484 g/mol. The normalized spacial score (nSPS) is 15.7. The number of sulfonamides is 1. The Morgan fingerprint density at radius 3 is 2.45 bits per heavy atom. The molecule has 156 valence electrons. The molecule has 1 amide bonds. The molecule has 0 atom stereocenters. The molecule has 0 aromatic heterocycles. The third-order valence-electron chi connectivity index (χ3n) is 4.83. The maximum atomic E-state index is 13.4. The molecule has 2 aromatic carbocycles. The van der Waals surface area contributed by atoms with E-state index in [4.69, 9.17) is 0 Å². The number of benzene rings is 2. The zero-order chi connectivity index (χ0) is 21.0. The molecule has 1 saturated heterocycles. The number of rotatable bonds is 6. The Balaban J connectivity index is 1.55. The van der Waals surface area contributed by atoms with Gasteiger partial charge in [0.25, 0.3) is 0 Å². The number of carbonyl (C=O) groups is 1. The van der Waals surface area contributed by atoms with Crippen LogP contribution in [0.3, 0.4) is 0 Å². The van der Waals surface area contributed by atoms with Gasteiger partial charge in [-0.2, -0.15) is 4.31 Å². The van der Waals surface area contributed by atoms with Crippen molar-refractivity contribution in [3.05, 3.63) is 64.4 Å². The van der Waals surface area contributed by atoms with Gasteiger partial charge in [-0.25, -0.2) is 12.8 Å². The quantitative estimate of drug-likeness (QED) is 0.633. The van der Waals surface area contributed by atoms with Gasteiger partial charge in [-0.05, 0) is 36.9 Å². The summed E-state index contributed by atoms with van der Waals surface area (Å²) in [5, 5.41) is 0. The van der Waals surface area contributed by atoms with Crippen molar-refractivity contribution in [2.24, 2.45) is 0 Å². The van der Waals surface area contributed by atoms with E-state index in [-0.39, 0.29) is 30.4 Å². The van der Waals surface area contributed by atoms with Crippen LogP contribution in [0.1, 0.15) is 5.56 Å². The van der Waals surface area contributed by atoms with Crippen LogP contribution in [0.4, 0.5) is 4.39 Å². The van der Waals surface area contributed by atoms with Crippen LogP contribution < -0.4 is 0 Å². The number of piperazine rings is 1. The molecule has 0 spiro atoms. The van der Waals surface area contributed by atoms with Gasteiger partial charge in [-0.1, -0.05) is 40.2 Å². The molecule has 29 heavy (non-hydrogen) atoms. The van der Waals surface area contributed by atoms with Crippen LogP contribution in [0.2, 0.25) is 0 Å². The van der Waals surface area contributed by atoms with Gasteiger partial charge in [0.15, 0.2) is 0 Å². The summed E-state index contributed by atoms with van der Waals surface area (Å²) in [7, 11) is -1.89. The van der Waals surface area contributed by atoms with Gasteiger partial charge < -0.3 is 4.90 Å². The lowest BCUT2D eigenvalue weighted by atomic mass is 10.2. The van der Waals surface area contributed by atoms with Gasteiger partial charge in [-0.15, -0.1) is 0 Å². The highest BCUT2D eigenvalue weighted by atomic mass is 79.9. The van der Waals surface area contributed by atoms with Gasteiger partial charge in [0.1, 0.15) is 5.82 Å². The first-order valence-electron chi connectivity index (χ1n) is 9.23. The Morgan fingerprint density at radius 2 is 1.79 bits per heavy atom. The summed E-state index contributed by atoms with van der Waals surface area (Å²) in [4.78, 5) is 16.1. The average Bonchev–Trinajstić information content (AvgIpc) is 2.70. The molecule has 0 aliphatic carbocycles.